The molecule has 1 saturated carbocycles. The van der Waals surface area contributed by atoms with Crippen LogP contribution in [0.1, 0.15) is 43.0 Å². The predicted molar refractivity (Wildman–Crippen MR) is 75.8 cm³/mol. The molecular formula is C15H19N3O2. The van der Waals surface area contributed by atoms with Crippen LogP contribution in [0.2, 0.25) is 0 Å². The van der Waals surface area contributed by atoms with Crippen molar-refractivity contribution in [3.05, 3.63) is 23.9 Å². The van der Waals surface area contributed by atoms with Crippen molar-refractivity contribution < 1.29 is 9.59 Å². The van der Waals surface area contributed by atoms with E-state index in [1.54, 1.807) is 12.3 Å². The fourth-order valence-electron chi connectivity index (χ4n) is 2.60. The quantitative estimate of drug-likeness (QED) is 0.845. The van der Waals surface area contributed by atoms with E-state index in [9.17, 15) is 9.59 Å². The van der Waals surface area contributed by atoms with Gasteiger partial charge in [-0.25, -0.2) is 4.98 Å². The highest BCUT2D eigenvalue weighted by Crippen LogP contribution is 2.26. The maximum absolute atomic E-state index is 12.2. The smallest absolute Gasteiger partial charge is 0.242 e. The van der Waals surface area contributed by atoms with Gasteiger partial charge in [-0.2, -0.15) is 0 Å². The summed E-state index contributed by atoms with van der Waals surface area (Å²) in [4.78, 5) is 29.9. The van der Waals surface area contributed by atoms with Crippen LogP contribution in [0.3, 0.4) is 0 Å². The fourth-order valence-corrected chi connectivity index (χ4v) is 2.60. The molecule has 0 bridgehead atoms. The van der Waals surface area contributed by atoms with Gasteiger partial charge in [0.05, 0.1) is 0 Å². The summed E-state index contributed by atoms with van der Waals surface area (Å²) < 4.78 is 0. The molecule has 0 aromatic carbocycles. The van der Waals surface area contributed by atoms with Crippen LogP contribution in [0, 0.1) is 0 Å². The first kappa shape index (κ1) is 13.1. The van der Waals surface area contributed by atoms with Gasteiger partial charge in [0.1, 0.15) is 11.9 Å². The number of carbonyl (C=O) groups is 2. The second-order valence-electron chi connectivity index (χ2n) is 5.60. The number of carbonyl (C=O) groups excluding carboxylic acids is 2. The molecule has 2 aliphatic rings. The molecule has 5 heteroatoms. The first-order chi connectivity index (χ1) is 9.65. The third kappa shape index (κ3) is 2.66. The van der Waals surface area contributed by atoms with Gasteiger partial charge in [-0.05, 0) is 44.7 Å². The van der Waals surface area contributed by atoms with Crippen molar-refractivity contribution in [1.29, 1.82) is 0 Å². The number of hydrogen-bond donors (Lipinski definition) is 1. The number of rotatable bonds is 4. The standard InChI is InChI=1S/C15H19N3O2/c1-10(19)11-4-7-14(16-9-11)18-8-2-3-13(18)15(20)17-12-5-6-12/h4,7,9,12-13H,2-3,5-6,8H2,1H3,(H,17,20)/t13-/m0/s1. The van der Waals surface area contributed by atoms with E-state index in [2.05, 4.69) is 10.3 Å². The Hall–Kier alpha value is -1.91. The third-order valence-electron chi connectivity index (χ3n) is 3.93. The van der Waals surface area contributed by atoms with Gasteiger partial charge >= 0.3 is 0 Å². The van der Waals surface area contributed by atoms with Crippen molar-refractivity contribution in [1.82, 2.24) is 10.3 Å². The molecule has 2 fully saturated rings. The Kier molecular flexibility index (Phi) is 3.42. The number of pyridine rings is 1. The minimum Gasteiger partial charge on any atom is -0.352 e. The maximum Gasteiger partial charge on any atom is 0.242 e. The monoisotopic (exact) mass is 273 g/mol. The molecule has 20 heavy (non-hydrogen) atoms. The summed E-state index contributed by atoms with van der Waals surface area (Å²) in [6.45, 7) is 2.37. The van der Waals surface area contributed by atoms with Crippen LogP contribution in [0.25, 0.3) is 0 Å². The van der Waals surface area contributed by atoms with Crippen LogP contribution in [-0.4, -0.2) is 35.3 Å². The molecule has 1 N–H and O–H groups in total. The van der Waals surface area contributed by atoms with Gasteiger partial charge in [-0.1, -0.05) is 0 Å². The van der Waals surface area contributed by atoms with Gasteiger partial charge < -0.3 is 10.2 Å². The molecule has 1 aliphatic heterocycles. The van der Waals surface area contributed by atoms with Gasteiger partial charge in [-0.15, -0.1) is 0 Å². The lowest BCUT2D eigenvalue weighted by Crippen LogP contribution is -2.44. The molecule has 2 heterocycles. The maximum atomic E-state index is 12.2. The average molecular weight is 273 g/mol. The molecule has 1 saturated heterocycles. The van der Waals surface area contributed by atoms with Crippen molar-refractivity contribution in [2.45, 2.75) is 44.7 Å². The van der Waals surface area contributed by atoms with Crippen LogP contribution in [0.4, 0.5) is 5.82 Å². The van der Waals surface area contributed by atoms with Crippen molar-refractivity contribution in [3.63, 3.8) is 0 Å². The minimum absolute atomic E-state index is 0.00787. The highest BCUT2D eigenvalue weighted by molar-refractivity contribution is 5.94. The second kappa shape index (κ2) is 5.23. The molecule has 1 amide bonds. The van der Waals surface area contributed by atoms with E-state index in [1.807, 2.05) is 11.0 Å². The van der Waals surface area contributed by atoms with E-state index in [1.165, 1.54) is 6.92 Å². The number of aromatic nitrogens is 1. The van der Waals surface area contributed by atoms with Crippen LogP contribution in [0.5, 0.6) is 0 Å². The summed E-state index contributed by atoms with van der Waals surface area (Å²) in [5, 5.41) is 3.06. The summed E-state index contributed by atoms with van der Waals surface area (Å²) in [5.74, 6) is 0.902. The van der Waals surface area contributed by atoms with Crippen LogP contribution in [-0.2, 0) is 4.79 Å². The Morgan fingerprint density at radius 2 is 2.10 bits per heavy atom. The highest BCUT2D eigenvalue weighted by atomic mass is 16.2. The van der Waals surface area contributed by atoms with Gasteiger partial charge in [0.15, 0.2) is 5.78 Å². The lowest BCUT2D eigenvalue weighted by atomic mass is 10.2. The Labute approximate surface area is 118 Å². The Morgan fingerprint density at radius 3 is 2.70 bits per heavy atom. The van der Waals surface area contributed by atoms with Gasteiger partial charge in [-0.3, -0.25) is 9.59 Å². The summed E-state index contributed by atoms with van der Waals surface area (Å²) in [6, 6.07) is 3.88. The second-order valence-corrected chi connectivity index (χ2v) is 5.60. The van der Waals surface area contributed by atoms with Crippen LogP contribution in [0.15, 0.2) is 18.3 Å². The number of ketones is 1. The highest BCUT2D eigenvalue weighted by Gasteiger charge is 2.34. The number of anilines is 1. The molecule has 0 unspecified atom stereocenters. The van der Waals surface area contributed by atoms with Crippen LogP contribution < -0.4 is 10.2 Å². The summed E-state index contributed by atoms with van der Waals surface area (Å²) in [5.41, 5.74) is 0.604. The first-order valence-corrected chi connectivity index (χ1v) is 7.19. The number of amides is 1. The minimum atomic E-state index is -0.119. The zero-order valence-electron chi connectivity index (χ0n) is 11.6. The van der Waals surface area contributed by atoms with Gasteiger partial charge in [0.2, 0.25) is 5.91 Å². The van der Waals surface area contributed by atoms with Crippen molar-refractivity contribution in [2.24, 2.45) is 0 Å². The van der Waals surface area contributed by atoms with Crippen molar-refractivity contribution in [2.75, 3.05) is 11.4 Å². The summed E-state index contributed by atoms with van der Waals surface area (Å²) >= 11 is 0. The van der Waals surface area contributed by atoms with Gasteiger partial charge in [0, 0.05) is 24.3 Å². The number of nitrogens with one attached hydrogen (secondary N) is 1. The van der Waals surface area contributed by atoms with E-state index >= 15 is 0 Å². The zero-order valence-corrected chi connectivity index (χ0v) is 11.6. The van der Waals surface area contributed by atoms with Crippen molar-refractivity contribution >= 4 is 17.5 Å². The zero-order chi connectivity index (χ0) is 14.1. The molecule has 0 spiro atoms. The Bertz CT molecular complexity index is 522. The van der Waals surface area contributed by atoms with E-state index in [0.717, 1.165) is 38.0 Å². The topological polar surface area (TPSA) is 62.3 Å². The predicted octanol–water partition coefficient (Wildman–Crippen LogP) is 1.53. The molecule has 5 nitrogen and oxygen atoms in total. The lowest BCUT2D eigenvalue weighted by Gasteiger charge is -2.25. The average Bonchev–Trinajstić information content (AvgIpc) is 3.11. The lowest BCUT2D eigenvalue weighted by molar-refractivity contribution is -0.122. The molecule has 1 atom stereocenters. The summed E-state index contributed by atoms with van der Waals surface area (Å²) in [7, 11) is 0. The van der Waals surface area contributed by atoms with E-state index in [0.29, 0.717) is 11.6 Å². The molecule has 0 radical (unpaired) electrons. The normalized spacial score (nSPS) is 21.9. The molecule has 1 aromatic rings. The van der Waals surface area contributed by atoms with E-state index in [-0.39, 0.29) is 17.7 Å². The molecule has 1 aliphatic carbocycles. The SMILES string of the molecule is CC(=O)c1ccc(N2CCC[C@H]2C(=O)NC2CC2)nc1. The van der Waals surface area contributed by atoms with Crippen LogP contribution >= 0.6 is 0 Å². The van der Waals surface area contributed by atoms with Gasteiger partial charge in [0.25, 0.3) is 0 Å². The number of Topliss-reactive ketones (excluding diaryl/α,β-unsaturated/α-hetero) is 1. The Morgan fingerprint density at radius 1 is 1.30 bits per heavy atom. The largest absolute Gasteiger partial charge is 0.352 e. The van der Waals surface area contributed by atoms with E-state index < -0.39 is 0 Å². The fraction of sp³-hybridized carbons (Fsp3) is 0.533. The third-order valence-corrected chi connectivity index (χ3v) is 3.93. The van der Waals surface area contributed by atoms with Crippen molar-refractivity contribution in [3.8, 4) is 0 Å². The Balaban J connectivity index is 1.73. The molecule has 1 aromatic heterocycles. The van der Waals surface area contributed by atoms with E-state index in [4.69, 9.17) is 0 Å². The number of hydrogen-bond acceptors (Lipinski definition) is 4. The first-order valence-electron chi connectivity index (χ1n) is 7.19. The molecule has 3 rings (SSSR count). The summed E-state index contributed by atoms with van der Waals surface area (Å²) in [6.07, 6.45) is 5.66. The molecule has 106 valence electrons. The molecular weight excluding hydrogens is 254 g/mol. The number of nitrogens with zero attached hydrogens (tertiary/aromatic N) is 2.